The predicted molar refractivity (Wildman–Crippen MR) is 103 cm³/mol. The maximum absolute atomic E-state index is 12.1. The first-order valence-electron chi connectivity index (χ1n) is 7.94. The summed E-state index contributed by atoms with van der Waals surface area (Å²) < 4.78 is 0. The first-order chi connectivity index (χ1) is 12.2. The molecule has 0 saturated carbocycles. The minimum Gasteiger partial charge on any atom is -0.308 e. The molecular formula is C19H18N4OS. The van der Waals surface area contributed by atoms with Crippen molar-refractivity contribution in [1.82, 2.24) is 10.2 Å². The number of nitrogens with one attached hydrogen (secondary N) is 2. The lowest BCUT2D eigenvalue weighted by Crippen LogP contribution is -2.19. The Hall–Kier alpha value is -2.86. The van der Waals surface area contributed by atoms with Gasteiger partial charge in [-0.05, 0) is 42.2 Å². The number of urea groups is 1. The molecule has 0 fully saturated rings. The quantitative estimate of drug-likeness (QED) is 0.642. The van der Waals surface area contributed by atoms with E-state index in [2.05, 4.69) is 27.8 Å². The van der Waals surface area contributed by atoms with Crippen molar-refractivity contribution in [3.63, 3.8) is 0 Å². The number of hydrogen-bond donors (Lipinski definition) is 2. The summed E-state index contributed by atoms with van der Waals surface area (Å²) in [6.45, 7) is 2.08. The number of amides is 2. The summed E-state index contributed by atoms with van der Waals surface area (Å²) in [5.41, 5.74) is 3.11. The Bertz CT molecular complexity index is 838. The van der Waals surface area contributed by atoms with Gasteiger partial charge in [0.2, 0.25) is 0 Å². The first kappa shape index (κ1) is 17.0. The van der Waals surface area contributed by atoms with Crippen LogP contribution in [0.3, 0.4) is 0 Å². The lowest BCUT2D eigenvalue weighted by molar-refractivity contribution is 0.262. The molecule has 2 amide bonds. The monoisotopic (exact) mass is 350 g/mol. The van der Waals surface area contributed by atoms with Gasteiger partial charge in [-0.2, -0.15) is 0 Å². The van der Waals surface area contributed by atoms with E-state index in [9.17, 15) is 4.79 Å². The molecule has 0 aliphatic rings. The molecule has 3 rings (SSSR count). The largest absolute Gasteiger partial charge is 0.323 e. The van der Waals surface area contributed by atoms with E-state index in [0.717, 1.165) is 27.7 Å². The van der Waals surface area contributed by atoms with Crippen molar-refractivity contribution in [1.29, 1.82) is 0 Å². The highest BCUT2D eigenvalue weighted by atomic mass is 32.2. The van der Waals surface area contributed by atoms with E-state index >= 15 is 0 Å². The Balaban J connectivity index is 1.69. The van der Waals surface area contributed by atoms with Crippen molar-refractivity contribution in [2.24, 2.45) is 0 Å². The standard InChI is InChI=1S/C19H18N4OS/c1-2-25-18-12-11-17(22-23-18)14-7-6-10-16(13-14)21-19(24)20-15-8-4-3-5-9-15/h3-13H,2H2,1H3,(H2,20,21,24). The molecule has 5 nitrogen and oxygen atoms in total. The van der Waals surface area contributed by atoms with E-state index in [4.69, 9.17) is 0 Å². The second-order valence-corrected chi connectivity index (χ2v) is 6.50. The Labute approximate surface area is 150 Å². The number of hydrogen-bond acceptors (Lipinski definition) is 4. The van der Waals surface area contributed by atoms with Gasteiger partial charge in [-0.1, -0.05) is 37.3 Å². The van der Waals surface area contributed by atoms with Crippen LogP contribution in [0.25, 0.3) is 11.3 Å². The summed E-state index contributed by atoms with van der Waals surface area (Å²) in [6.07, 6.45) is 0. The number of carbonyl (C=O) groups is 1. The first-order valence-corrected chi connectivity index (χ1v) is 8.93. The topological polar surface area (TPSA) is 66.9 Å². The van der Waals surface area contributed by atoms with Crippen LogP contribution in [-0.4, -0.2) is 22.0 Å². The molecule has 0 aliphatic heterocycles. The smallest absolute Gasteiger partial charge is 0.308 e. The number of benzene rings is 2. The molecule has 0 saturated heterocycles. The van der Waals surface area contributed by atoms with Gasteiger partial charge in [0.15, 0.2) is 0 Å². The highest BCUT2D eigenvalue weighted by Gasteiger charge is 2.06. The number of carbonyl (C=O) groups excluding carboxylic acids is 1. The maximum Gasteiger partial charge on any atom is 0.323 e. The fourth-order valence-electron chi connectivity index (χ4n) is 2.27. The van der Waals surface area contributed by atoms with Crippen LogP contribution in [0.15, 0.2) is 71.8 Å². The molecule has 2 aromatic carbocycles. The van der Waals surface area contributed by atoms with Crippen LogP contribution in [-0.2, 0) is 0 Å². The average molecular weight is 350 g/mol. The molecule has 0 atom stereocenters. The molecule has 1 aromatic heterocycles. The van der Waals surface area contributed by atoms with Gasteiger partial charge in [0, 0.05) is 16.9 Å². The highest BCUT2D eigenvalue weighted by Crippen LogP contribution is 2.22. The van der Waals surface area contributed by atoms with Crippen LogP contribution in [0, 0.1) is 0 Å². The van der Waals surface area contributed by atoms with Crippen LogP contribution in [0.4, 0.5) is 16.2 Å². The number of rotatable bonds is 5. The molecule has 25 heavy (non-hydrogen) atoms. The number of anilines is 2. The lowest BCUT2D eigenvalue weighted by atomic mass is 10.1. The zero-order valence-corrected chi connectivity index (χ0v) is 14.6. The van der Waals surface area contributed by atoms with Crippen LogP contribution in [0.2, 0.25) is 0 Å². The number of para-hydroxylation sites is 1. The third-order valence-electron chi connectivity index (χ3n) is 3.38. The average Bonchev–Trinajstić information content (AvgIpc) is 2.63. The SMILES string of the molecule is CCSc1ccc(-c2cccc(NC(=O)Nc3ccccc3)c2)nn1. The zero-order chi connectivity index (χ0) is 17.5. The summed E-state index contributed by atoms with van der Waals surface area (Å²) in [5.74, 6) is 0.962. The van der Waals surface area contributed by atoms with E-state index in [-0.39, 0.29) is 6.03 Å². The zero-order valence-electron chi connectivity index (χ0n) is 13.8. The second-order valence-electron chi connectivity index (χ2n) is 5.22. The Morgan fingerprint density at radius 2 is 1.68 bits per heavy atom. The molecule has 2 N–H and O–H groups in total. The van der Waals surface area contributed by atoms with Crippen LogP contribution >= 0.6 is 11.8 Å². The molecule has 0 spiro atoms. The predicted octanol–water partition coefficient (Wildman–Crippen LogP) is 4.90. The number of aromatic nitrogens is 2. The molecule has 126 valence electrons. The summed E-state index contributed by atoms with van der Waals surface area (Å²) in [7, 11) is 0. The second kappa shape index (κ2) is 8.30. The molecule has 0 aliphatic carbocycles. The molecule has 0 radical (unpaired) electrons. The molecule has 3 aromatic rings. The van der Waals surface area contributed by atoms with Gasteiger partial charge in [-0.25, -0.2) is 4.79 Å². The van der Waals surface area contributed by atoms with E-state index in [1.807, 2.05) is 66.7 Å². The van der Waals surface area contributed by atoms with Crippen molar-refractivity contribution < 1.29 is 4.79 Å². The van der Waals surface area contributed by atoms with E-state index in [0.29, 0.717) is 5.69 Å². The van der Waals surface area contributed by atoms with Gasteiger partial charge in [0.05, 0.1) is 5.69 Å². The van der Waals surface area contributed by atoms with Crippen molar-refractivity contribution in [3.8, 4) is 11.3 Å². The van der Waals surface area contributed by atoms with Crippen molar-refractivity contribution in [3.05, 3.63) is 66.7 Å². The Morgan fingerprint density at radius 3 is 2.40 bits per heavy atom. The third-order valence-corrected chi connectivity index (χ3v) is 4.18. The van der Waals surface area contributed by atoms with Crippen LogP contribution in [0.1, 0.15) is 6.92 Å². The van der Waals surface area contributed by atoms with Gasteiger partial charge in [-0.3, -0.25) is 0 Å². The van der Waals surface area contributed by atoms with Gasteiger partial charge in [0.1, 0.15) is 5.03 Å². The lowest BCUT2D eigenvalue weighted by Gasteiger charge is -2.09. The minimum absolute atomic E-state index is 0.288. The molecule has 1 heterocycles. The fourth-order valence-corrected chi connectivity index (χ4v) is 2.83. The van der Waals surface area contributed by atoms with Gasteiger partial charge in [-0.15, -0.1) is 22.0 Å². The molecule has 6 heteroatoms. The minimum atomic E-state index is -0.288. The number of thioether (sulfide) groups is 1. The normalized spacial score (nSPS) is 10.3. The maximum atomic E-state index is 12.1. The van der Waals surface area contributed by atoms with Crippen molar-refractivity contribution in [2.75, 3.05) is 16.4 Å². The molecule has 0 bridgehead atoms. The van der Waals surface area contributed by atoms with Crippen molar-refractivity contribution >= 4 is 29.2 Å². The summed E-state index contributed by atoms with van der Waals surface area (Å²) in [6, 6.07) is 20.5. The summed E-state index contributed by atoms with van der Waals surface area (Å²) >= 11 is 1.65. The third kappa shape index (κ3) is 4.81. The summed E-state index contributed by atoms with van der Waals surface area (Å²) in [4.78, 5) is 12.1. The Morgan fingerprint density at radius 1 is 0.920 bits per heavy atom. The van der Waals surface area contributed by atoms with E-state index in [1.54, 1.807) is 11.8 Å². The summed E-state index contributed by atoms with van der Waals surface area (Å²) in [5, 5.41) is 15.0. The van der Waals surface area contributed by atoms with Crippen LogP contribution < -0.4 is 10.6 Å². The van der Waals surface area contributed by atoms with E-state index < -0.39 is 0 Å². The van der Waals surface area contributed by atoms with Gasteiger partial charge in [0.25, 0.3) is 0 Å². The van der Waals surface area contributed by atoms with Gasteiger partial charge >= 0.3 is 6.03 Å². The highest BCUT2D eigenvalue weighted by molar-refractivity contribution is 7.99. The van der Waals surface area contributed by atoms with E-state index in [1.165, 1.54) is 0 Å². The van der Waals surface area contributed by atoms with Gasteiger partial charge < -0.3 is 10.6 Å². The number of nitrogens with zero attached hydrogens (tertiary/aromatic N) is 2. The van der Waals surface area contributed by atoms with Crippen molar-refractivity contribution in [2.45, 2.75) is 11.9 Å². The Kier molecular flexibility index (Phi) is 5.64. The fraction of sp³-hybridized carbons (Fsp3) is 0.105. The molecule has 0 unspecified atom stereocenters. The molecular weight excluding hydrogens is 332 g/mol. The van der Waals surface area contributed by atoms with Crippen LogP contribution in [0.5, 0.6) is 0 Å².